The summed E-state index contributed by atoms with van der Waals surface area (Å²) in [5, 5.41) is 21.9. The number of aromatic nitrogens is 2. The number of anilines is 2. The highest BCUT2D eigenvalue weighted by molar-refractivity contribution is 6.08. The molecular weight excluding hydrogens is 452 g/mol. The monoisotopic (exact) mass is 478 g/mol. The minimum Gasteiger partial charge on any atom is -0.382 e. The zero-order valence-corrected chi connectivity index (χ0v) is 19.7. The summed E-state index contributed by atoms with van der Waals surface area (Å²) in [4.78, 5) is 25.5. The lowest BCUT2D eigenvalue weighted by molar-refractivity contribution is -0.117. The van der Waals surface area contributed by atoms with Gasteiger partial charge in [0.25, 0.3) is 5.91 Å². The zero-order valence-electron chi connectivity index (χ0n) is 19.7. The van der Waals surface area contributed by atoms with E-state index in [-0.39, 0.29) is 17.7 Å². The molecule has 5 rings (SSSR count). The maximum Gasteiger partial charge on any atom is 0.253 e. The zero-order chi connectivity index (χ0) is 25.1. The number of nitrogen functional groups attached to an aromatic ring is 1. The number of nitrogens with zero attached hydrogens (tertiary/aromatic N) is 3. The second-order valence-corrected chi connectivity index (χ2v) is 8.93. The van der Waals surface area contributed by atoms with Crippen molar-refractivity contribution in [2.75, 3.05) is 17.6 Å². The van der Waals surface area contributed by atoms with E-state index in [1.165, 1.54) is 0 Å². The first kappa shape index (κ1) is 23.1. The maximum absolute atomic E-state index is 13.1. The second-order valence-electron chi connectivity index (χ2n) is 8.93. The van der Waals surface area contributed by atoms with Crippen molar-refractivity contribution in [2.45, 2.75) is 25.7 Å². The average molecular weight is 479 g/mol. The molecule has 0 spiro atoms. The average Bonchev–Trinajstić information content (AvgIpc) is 3.70. The highest BCUT2D eigenvalue weighted by Gasteiger charge is 2.30. The summed E-state index contributed by atoms with van der Waals surface area (Å²) in [6, 6.07) is 23.0. The van der Waals surface area contributed by atoms with Crippen molar-refractivity contribution in [1.82, 2.24) is 15.1 Å². The summed E-state index contributed by atoms with van der Waals surface area (Å²) in [6.07, 6.45) is 2.82. The van der Waals surface area contributed by atoms with Crippen LogP contribution in [0, 0.1) is 17.2 Å². The Morgan fingerprint density at radius 1 is 1.06 bits per heavy atom. The van der Waals surface area contributed by atoms with Crippen molar-refractivity contribution < 1.29 is 9.59 Å². The molecule has 1 fully saturated rings. The number of para-hydroxylation sites is 1. The first-order valence-corrected chi connectivity index (χ1v) is 12.0. The minimum absolute atomic E-state index is 0.0323. The molecule has 0 unspecified atom stereocenters. The van der Waals surface area contributed by atoms with Crippen LogP contribution in [0.1, 0.15) is 40.9 Å². The van der Waals surface area contributed by atoms with E-state index in [0.717, 1.165) is 29.3 Å². The van der Waals surface area contributed by atoms with Gasteiger partial charge < -0.3 is 16.4 Å². The van der Waals surface area contributed by atoms with Crippen LogP contribution < -0.4 is 16.4 Å². The lowest BCUT2D eigenvalue weighted by atomic mass is 10.0. The van der Waals surface area contributed by atoms with Crippen LogP contribution in [0.5, 0.6) is 0 Å². The number of nitrogens with one attached hydrogen (secondary N) is 2. The fourth-order valence-corrected chi connectivity index (χ4v) is 4.21. The molecule has 4 N–H and O–H groups in total. The summed E-state index contributed by atoms with van der Waals surface area (Å²) < 4.78 is 1.57. The number of benzene rings is 3. The standard InChI is InChI=1S/C28H26N6O2/c29-17-23-24(33-34(26(23)30)21-9-2-1-3-10-21)11-6-14-31-28(36)22-15-19-7-4-5-8-20(19)16-25(22)32-27(35)18-12-13-18/h1-5,7-10,15-16,18H,6,11-14,30H2,(H,31,36)(H,32,35). The number of hydrogen-bond acceptors (Lipinski definition) is 5. The first-order chi connectivity index (χ1) is 17.5. The molecule has 180 valence electrons. The SMILES string of the molecule is N#Cc1c(CCCNC(=O)c2cc3ccccc3cc2NC(=O)C2CC2)nn(-c2ccccc2)c1N. The smallest absolute Gasteiger partial charge is 0.253 e. The quantitative estimate of drug-likeness (QED) is 0.327. The Balaban J connectivity index is 1.28. The van der Waals surface area contributed by atoms with Crippen LogP contribution in [0.25, 0.3) is 16.5 Å². The number of rotatable bonds is 8. The van der Waals surface area contributed by atoms with Gasteiger partial charge in [0.1, 0.15) is 17.5 Å². The molecule has 0 saturated heterocycles. The lowest BCUT2D eigenvalue weighted by Crippen LogP contribution is -2.26. The van der Waals surface area contributed by atoms with Crippen LogP contribution in [0.2, 0.25) is 0 Å². The minimum atomic E-state index is -0.262. The molecule has 0 radical (unpaired) electrons. The van der Waals surface area contributed by atoms with Crippen molar-refractivity contribution in [3.63, 3.8) is 0 Å². The molecule has 8 nitrogen and oxygen atoms in total. The van der Waals surface area contributed by atoms with E-state index in [1.54, 1.807) is 4.68 Å². The van der Waals surface area contributed by atoms with Gasteiger partial charge in [0.15, 0.2) is 0 Å². The van der Waals surface area contributed by atoms with Gasteiger partial charge in [-0.25, -0.2) is 4.68 Å². The predicted molar refractivity (Wildman–Crippen MR) is 139 cm³/mol. The number of aryl methyl sites for hydroxylation is 1. The Kier molecular flexibility index (Phi) is 6.37. The van der Waals surface area contributed by atoms with Gasteiger partial charge in [-0.2, -0.15) is 10.4 Å². The molecule has 1 aliphatic carbocycles. The van der Waals surface area contributed by atoms with Crippen LogP contribution in [-0.2, 0) is 11.2 Å². The molecule has 1 aromatic heterocycles. The van der Waals surface area contributed by atoms with Crippen LogP contribution in [0.4, 0.5) is 11.5 Å². The van der Waals surface area contributed by atoms with E-state index in [1.807, 2.05) is 66.7 Å². The summed E-state index contributed by atoms with van der Waals surface area (Å²) >= 11 is 0. The first-order valence-electron chi connectivity index (χ1n) is 12.0. The number of fused-ring (bicyclic) bond motifs is 1. The van der Waals surface area contributed by atoms with E-state index in [4.69, 9.17) is 5.73 Å². The van der Waals surface area contributed by atoms with Crippen molar-refractivity contribution in [3.05, 3.63) is 83.6 Å². The largest absolute Gasteiger partial charge is 0.382 e. The third kappa shape index (κ3) is 4.77. The molecule has 1 saturated carbocycles. The topological polar surface area (TPSA) is 126 Å². The van der Waals surface area contributed by atoms with Crippen LogP contribution in [0.15, 0.2) is 66.7 Å². The summed E-state index contributed by atoms with van der Waals surface area (Å²) in [6.45, 7) is 0.380. The molecule has 0 atom stereocenters. The fraction of sp³-hybridized carbons (Fsp3) is 0.214. The summed E-state index contributed by atoms with van der Waals surface area (Å²) in [5.41, 5.74) is 8.85. The van der Waals surface area contributed by atoms with Crippen LogP contribution in [-0.4, -0.2) is 28.1 Å². The van der Waals surface area contributed by atoms with Crippen molar-refractivity contribution in [3.8, 4) is 11.8 Å². The fourth-order valence-electron chi connectivity index (χ4n) is 4.21. The molecule has 8 heteroatoms. The van der Waals surface area contributed by atoms with Gasteiger partial charge in [-0.3, -0.25) is 9.59 Å². The highest BCUT2D eigenvalue weighted by atomic mass is 16.2. The van der Waals surface area contributed by atoms with E-state index >= 15 is 0 Å². The Morgan fingerprint density at radius 2 is 1.75 bits per heavy atom. The lowest BCUT2D eigenvalue weighted by Gasteiger charge is -2.13. The molecular formula is C28H26N6O2. The Morgan fingerprint density at radius 3 is 2.44 bits per heavy atom. The van der Waals surface area contributed by atoms with E-state index in [2.05, 4.69) is 21.8 Å². The van der Waals surface area contributed by atoms with Gasteiger partial charge in [-0.05, 0) is 60.7 Å². The van der Waals surface area contributed by atoms with Crippen LogP contribution >= 0.6 is 0 Å². The molecule has 0 bridgehead atoms. The van der Waals surface area contributed by atoms with Gasteiger partial charge >= 0.3 is 0 Å². The van der Waals surface area contributed by atoms with Gasteiger partial charge in [0, 0.05) is 12.5 Å². The van der Waals surface area contributed by atoms with E-state index in [0.29, 0.717) is 47.7 Å². The second kappa shape index (κ2) is 9.92. The molecule has 2 amide bonds. The normalized spacial score (nSPS) is 12.8. The van der Waals surface area contributed by atoms with Gasteiger partial charge in [0.2, 0.25) is 5.91 Å². The highest BCUT2D eigenvalue weighted by Crippen LogP contribution is 2.32. The van der Waals surface area contributed by atoms with Gasteiger partial charge in [-0.15, -0.1) is 0 Å². The number of nitrogens with two attached hydrogens (primary N) is 1. The van der Waals surface area contributed by atoms with E-state index in [9.17, 15) is 14.9 Å². The Bertz CT molecular complexity index is 1480. The van der Waals surface area contributed by atoms with Gasteiger partial charge in [0.05, 0.1) is 22.6 Å². The third-order valence-electron chi connectivity index (χ3n) is 6.32. The van der Waals surface area contributed by atoms with Gasteiger partial charge in [-0.1, -0.05) is 42.5 Å². The number of carbonyl (C=O) groups is 2. The molecule has 36 heavy (non-hydrogen) atoms. The molecule has 3 aromatic carbocycles. The molecule has 1 heterocycles. The van der Waals surface area contributed by atoms with Crippen molar-refractivity contribution in [2.24, 2.45) is 5.92 Å². The summed E-state index contributed by atoms with van der Waals surface area (Å²) in [5.74, 6) is 0.0245. The third-order valence-corrected chi connectivity index (χ3v) is 6.32. The maximum atomic E-state index is 13.1. The van der Waals surface area contributed by atoms with Crippen molar-refractivity contribution in [1.29, 1.82) is 5.26 Å². The Labute approximate surface area is 208 Å². The number of nitriles is 1. The van der Waals surface area contributed by atoms with E-state index < -0.39 is 0 Å². The number of hydrogen-bond donors (Lipinski definition) is 3. The molecule has 1 aliphatic rings. The molecule has 0 aliphatic heterocycles. The predicted octanol–water partition coefficient (Wildman–Crippen LogP) is 4.19. The van der Waals surface area contributed by atoms with Crippen molar-refractivity contribution >= 4 is 34.1 Å². The number of carbonyl (C=O) groups excluding carboxylic acids is 2. The van der Waals surface area contributed by atoms with Crippen LogP contribution in [0.3, 0.4) is 0 Å². The molecule has 4 aromatic rings. The number of amides is 2. The summed E-state index contributed by atoms with van der Waals surface area (Å²) in [7, 11) is 0. The Hall–Kier alpha value is -4.64.